The highest BCUT2D eigenvalue weighted by atomic mass is 15.1. The summed E-state index contributed by atoms with van der Waals surface area (Å²) in [5, 5.41) is 0. The molecule has 1 aliphatic rings. The number of benzene rings is 1. The van der Waals surface area contributed by atoms with Gasteiger partial charge < -0.3 is 5.73 Å². The van der Waals surface area contributed by atoms with E-state index in [4.69, 9.17) is 5.73 Å². The average molecular weight is 274 g/mol. The largest absolute Gasteiger partial charge is 0.326 e. The van der Waals surface area contributed by atoms with Gasteiger partial charge in [0.1, 0.15) is 0 Å². The fourth-order valence-corrected chi connectivity index (χ4v) is 3.38. The highest BCUT2D eigenvalue weighted by Crippen LogP contribution is 2.23. The summed E-state index contributed by atoms with van der Waals surface area (Å²) in [6.45, 7) is 8.80. The minimum Gasteiger partial charge on any atom is -0.326 e. The summed E-state index contributed by atoms with van der Waals surface area (Å²) in [6.07, 6.45) is 6.93. The third-order valence-corrected chi connectivity index (χ3v) is 4.67. The lowest BCUT2D eigenvalue weighted by Crippen LogP contribution is -2.24. The summed E-state index contributed by atoms with van der Waals surface area (Å²) in [6, 6.07) is 6.69. The molecule has 0 spiro atoms. The van der Waals surface area contributed by atoms with Crippen LogP contribution in [0.5, 0.6) is 0 Å². The zero-order valence-corrected chi connectivity index (χ0v) is 13.2. The highest BCUT2D eigenvalue weighted by molar-refractivity contribution is 5.31. The summed E-state index contributed by atoms with van der Waals surface area (Å²) in [5.41, 5.74) is 9.81. The van der Waals surface area contributed by atoms with Crippen LogP contribution in [-0.4, -0.2) is 18.0 Å². The molecule has 0 saturated carbocycles. The third-order valence-electron chi connectivity index (χ3n) is 4.67. The molecule has 112 valence electrons. The van der Waals surface area contributed by atoms with Crippen LogP contribution in [0.25, 0.3) is 0 Å². The molecule has 1 aliphatic heterocycles. The van der Waals surface area contributed by atoms with Crippen molar-refractivity contribution in [1.82, 2.24) is 4.90 Å². The van der Waals surface area contributed by atoms with Crippen molar-refractivity contribution in [2.45, 2.75) is 59.0 Å². The molecule has 1 heterocycles. The molecule has 0 amide bonds. The van der Waals surface area contributed by atoms with Crippen LogP contribution in [0.15, 0.2) is 18.2 Å². The van der Waals surface area contributed by atoms with Gasteiger partial charge in [0.2, 0.25) is 0 Å². The van der Waals surface area contributed by atoms with E-state index in [-0.39, 0.29) is 0 Å². The number of rotatable bonds is 5. The van der Waals surface area contributed by atoms with Gasteiger partial charge >= 0.3 is 0 Å². The molecule has 0 bridgehead atoms. The lowest BCUT2D eigenvalue weighted by molar-refractivity contribution is 0.271. The van der Waals surface area contributed by atoms with Crippen LogP contribution in [0.1, 0.15) is 55.7 Å². The van der Waals surface area contributed by atoms with Gasteiger partial charge in [0, 0.05) is 13.1 Å². The molecule has 1 fully saturated rings. The third kappa shape index (κ3) is 4.32. The summed E-state index contributed by atoms with van der Waals surface area (Å²) in [4.78, 5) is 2.64. The Morgan fingerprint density at radius 2 is 2.10 bits per heavy atom. The van der Waals surface area contributed by atoms with Gasteiger partial charge in [-0.15, -0.1) is 0 Å². The summed E-state index contributed by atoms with van der Waals surface area (Å²) in [7, 11) is 0. The summed E-state index contributed by atoms with van der Waals surface area (Å²) in [5.74, 6) is 0.964. The molecule has 1 unspecified atom stereocenters. The zero-order valence-electron chi connectivity index (χ0n) is 13.2. The Morgan fingerprint density at radius 1 is 1.25 bits per heavy atom. The Morgan fingerprint density at radius 3 is 2.80 bits per heavy atom. The molecule has 20 heavy (non-hydrogen) atoms. The number of hydrogen-bond donors (Lipinski definition) is 1. The van der Waals surface area contributed by atoms with E-state index in [2.05, 4.69) is 36.9 Å². The van der Waals surface area contributed by atoms with Crippen molar-refractivity contribution >= 4 is 0 Å². The molecule has 2 heteroatoms. The second-order valence-corrected chi connectivity index (χ2v) is 6.33. The molecule has 1 aromatic rings. The standard InChI is InChI=1S/C18H30N2/c1-3-5-16-6-4-10-20(11-9-16)14-18-8-7-17(13-19)12-15(18)2/h7-8,12,16H,3-6,9-11,13-14,19H2,1-2H3. The molecule has 0 aliphatic carbocycles. The average Bonchev–Trinajstić information content (AvgIpc) is 2.67. The fourth-order valence-electron chi connectivity index (χ4n) is 3.38. The maximum absolute atomic E-state index is 5.71. The zero-order chi connectivity index (χ0) is 14.4. The molecule has 1 aromatic carbocycles. The smallest absolute Gasteiger partial charge is 0.0236 e. The maximum atomic E-state index is 5.71. The molecule has 0 radical (unpaired) electrons. The Balaban J connectivity index is 1.93. The van der Waals surface area contributed by atoms with E-state index in [1.54, 1.807) is 0 Å². The van der Waals surface area contributed by atoms with Crippen LogP contribution < -0.4 is 5.73 Å². The second kappa shape index (κ2) is 7.80. The molecule has 1 atom stereocenters. The van der Waals surface area contributed by atoms with Crippen LogP contribution in [0.2, 0.25) is 0 Å². The van der Waals surface area contributed by atoms with Gasteiger partial charge in [-0.3, -0.25) is 4.90 Å². The predicted octanol–water partition coefficient (Wildman–Crippen LogP) is 3.86. The van der Waals surface area contributed by atoms with Crippen molar-refractivity contribution in [1.29, 1.82) is 0 Å². The van der Waals surface area contributed by atoms with Crippen LogP contribution >= 0.6 is 0 Å². The number of nitrogens with two attached hydrogens (primary N) is 1. The van der Waals surface area contributed by atoms with Crippen molar-refractivity contribution in [3.05, 3.63) is 34.9 Å². The van der Waals surface area contributed by atoms with Crippen LogP contribution in [0.4, 0.5) is 0 Å². The van der Waals surface area contributed by atoms with E-state index in [1.165, 1.54) is 61.9 Å². The molecule has 2 rings (SSSR count). The minimum atomic E-state index is 0.642. The van der Waals surface area contributed by atoms with E-state index in [9.17, 15) is 0 Å². The Kier molecular flexibility index (Phi) is 6.06. The Bertz CT molecular complexity index is 414. The van der Waals surface area contributed by atoms with Gasteiger partial charge in [-0.1, -0.05) is 38.0 Å². The van der Waals surface area contributed by atoms with E-state index < -0.39 is 0 Å². The number of nitrogens with zero attached hydrogens (tertiary/aromatic N) is 1. The lowest BCUT2D eigenvalue weighted by atomic mass is 9.96. The first kappa shape index (κ1) is 15.5. The predicted molar refractivity (Wildman–Crippen MR) is 86.6 cm³/mol. The molecule has 0 aromatic heterocycles. The van der Waals surface area contributed by atoms with Crippen LogP contribution in [0.3, 0.4) is 0 Å². The van der Waals surface area contributed by atoms with Crippen LogP contribution in [-0.2, 0) is 13.1 Å². The molecule has 2 N–H and O–H groups in total. The van der Waals surface area contributed by atoms with E-state index >= 15 is 0 Å². The van der Waals surface area contributed by atoms with Gasteiger partial charge in [-0.05, 0) is 61.9 Å². The summed E-state index contributed by atoms with van der Waals surface area (Å²) < 4.78 is 0. The Labute approximate surface area is 124 Å². The van der Waals surface area contributed by atoms with Crippen molar-refractivity contribution < 1.29 is 0 Å². The van der Waals surface area contributed by atoms with Gasteiger partial charge in [0.05, 0.1) is 0 Å². The SMILES string of the molecule is CCCC1CCCN(Cc2ccc(CN)cc2C)CC1. The molecule has 1 saturated heterocycles. The van der Waals surface area contributed by atoms with Crippen molar-refractivity contribution in [3.8, 4) is 0 Å². The van der Waals surface area contributed by atoms with E-state index in [1.807, 2.05) is 0 Å². The second-order valence-electron chi connectivity index (χ2n) is 6.33. The fraction of sp³-hybridized carbons (Fsp3) is 0.667. The monoisotopic (exact) mass is 274 g/mol. The van der Waals surface area contributed by atoms with Crippen LogP contribution in [0, 0.1) is 12.8 Å². The topological polar surface area (TPSA) is 29.3 Å². The number of likely N-dealkylation sites (tertiary alicyclic amines) is 1. The first-order chi connectivity index (χ1) is 9.72. The number of aryl methyl sites for hydroxylation is 1. The van der Waals surface area contributed by atoms with Crippen molar-refractivity contribution in [2.75, 3.05) is 13.1 Å². The van der Waals surface area contributed by atoms with Gasteiger partial charge in [0.15, 0.2) is 0 Å². The number of hydrogen-bond acceptors (Lipinski definition) is 2. The first-order valence-corrected chi connectivity index (χ1v) is 8.23. The van der Waals surface area contributed by atoms with Crippen molar-refractivity contribution in [3.63, 3.8) is 0 Å². The normalized spacial score (nSPS) is 20.9. The van der Waals surface area contributed by atoms with E-state index in [0.29, 0.717) is 6.54 Å². The quantitative estimate of drug-likeness (QED) is 0.883. The molecular weight excluding hydrogens is 244 g/mol. The highest BCUT2D eigenvalue weighted by Gasteiger charge is 2.16. The summed E-state index contributed by atoms with van der Waals surface area (Å²) >= 11 is 0. The van der Waals surface area contributed by atoms with Gasteiger partial charge in [-0.2, -0.15) is 0 Å². The van der Waals surface area contributed by atoms with Gasteiger partial charge in [-0.25, -0.2) is 0 Å². The maximum Gasteiger partial charge on any atom is 0.0236 e. The molecule has 2 nitrogen and oxygen atoms in total. The molecular formula is C18H30N2. The lowest BCUT2D eigenvalue weighted by Gasteiger charge is -2.21. The first-order valence-electron chi connectivity index (χ1n) is 8.23. The van der Waals surface area contributed by atoms with Gasteiger partial charge in [0.25, 0.3) is 0 Å². The Hall–Kier alpha value is -0.860. The van der Waals surface area contributed by atoms with E-state index in [0.717, 1.165) is 12.5 Å². The minimum absolute atomic E-state index is 0.642. The van der Waals surface area contributed by atoms with Crippen molar-refractivity contribution in [2.24, 2.45) is 11.7 Å².